The summed E-state index contributed by atoms with van der Waals surface area (Å²) in [5.41, 5.74) is 1.78. The van der Waals surface area contributed by atoms with Gasteiger partial charge in [-0.15, -0.1) is 10.2 Å². The fourth-order valence-electron chi connectivity index (χ4n) is 4.72. The number of amides is 1. The first kappa shape index (κ1) is 28.7. The molecule has 2 aliphatic heterocycles. The SMILES string of the molecule is COC(=O)c1ccc(C2C(=C(O)c3ccc4c(c3)OCCO4)C(=O)C(=O)N2c2nnc(SCc3ccccc3Cl)s2)cc1. The number of nitrogens with zero attached hydrogens (tertiary/aromatic N) is 3. The minimum atomic E-state index is -1.06. The van der Waals surface area contributed by atoms with Crippen molar-refractivity contribution in [1.29, 1.82) is 0 Å². The van der Waals surface area contributed by atoms with Crippen LogP contribution < -0.4 is 14.4 Å². The molecule has 1 unspecified atom stereocenters. The lowest BCUT2D eigenvalue weighted by atomic mass is 9.94. The van der Waals surface area contributed by atoms with Gasteiger partial charge < -0.3 is 19.3 Å². The summed E-state index contributed by atoms with van der Waals surface area (Å²) in [4.78, 5) is 40.4. The molecule has 4 aromatic rings. The van der Waals surface area contributed by atoms with Crippen molar-refractivity contribution in [2.24, 2.45) is 0 Å². The van der Waals surface area contributed by atoms with Crippen LogP contribution in [0.25, 0.3) is 5.76 Å². The van der Waals surface area contributed by atoms with Crippen LogP contribution in [0.2, 0.25) is 5.02 Å². The Hall–Kier alpha value is -4.39. The molecule has 0 saturated carbocycles. The van der Waals surface area contributed by atoms with Crippen molar-refractivity contribution in [3.05, 3.63) is 99.6 Å². The molecule has 3 aromatic carbocycles. The highest BCUT2D eigenvalue weighted by atomic mass is 35.5. The molecular weight excluding hydrogens is 614 g/mol. The number of esters is 1. The normalized spacial score (nSPS) is 17.3. The molecule has 6 rings (SSSR count). The number of aliphatic hydroxyl groups excluding tert-OH is 1. The quantitative estimate of drug-likeness (QED) is 0.0677. The summed E-state index contributed by atoms with van der Waals surface area (Å²) in [7, 11) is 1.27. The monoisotopic (exact) mass is 635 g/mol. The summed E-state index contributed by atoms with van der Waals surface area (Å²) < 4.78 is 16.6. The van der Waals surface area contributed by atoms with Crippen LogP contribution in [0.4, 0.5) is 5.13 Å². The molecule has 1 amide bonds. The Balaban J connectivity index is 1.40. The van der Waals surface area contributed by atoms with Gasteiger partial charge in [0.25, 0.3) is 5.78 Å². The van der Waals surface area contributed by atoms with E-state index in [0.717, 1.165) is 16.9 Å². The van der Waals surface area contributed by atoms with Crippen molar-refractivity contribution in [2.75, 3.05) is 25.2 Å². The maximum atomic E-state index is 13.6. The van der Waals surface area contributed by atoms with Crippen molar-refractivity contribution in [3.63, 3.8) is 0 Å². The number of fused-ring (bicyclic) bond motifs is 1. The topological polar surface area (TPSA) is 128 Å². The first-order valence-electron chi connectivity index (χ1n) is 12.9. The van der Waals surface area contributed by atoms with Crippen LogP contribution in [0.5, 0.6) is 11.5 Å². The van der Waals surface area contributed by atoms with Gasteiger partial charge in [-0.2, -0.15) is 0 Å². The van der Waals surface area contributed by atoms with Crippen molar-refractivity contribution in [2.45, 2.75) is 16.1 Å². The standard InChI is InChI=1S/C30H22ClN3O7S2/c1-39-28(38)17-8-6-16(7-9-17)24-23(25(35)18-10-11-21-22(14-18)41-13-12-40-21)26(36)27(37)34(24)29-32-33-30(43-29)42-15-19-4-2-3-5-20(19)31/h2-11,14,24,35H,12-13,15H2,1H3. The van der Waals surface area contributed by atoms with Crippen LogP contribution in [0.3, 0.4) is 0 Å². The van der Waals surface area contributed by atoms with Crippen molar-refractivity contribution in [1.82, 2.24) is 10.2 Å². The summed E-state index contributed by atoms with van der Waals surface area (Å²) in [6, 6.07) is 17.4. The lowest BCUT2D eigenvalue weighted by Crippen LogP contribution is -2.29. The smallest absolute Gasteiger partial charge is 0.337 e. The van der Waals surface area contributed by atoms with Gasteiger partial charge in [0, 0.05) is 16.3 Å². The third-order valence-corrected chi connectivity index (χ3v) is 9.29. The van der Waals surface area contributed by atoms with Crippen molar-refractivity contribution in [3.8, 4) is 11.5 Å². The molecule has 0 aliphatic carbocycles. The molecular formula is C30H22ClN3O7S2. The average molecular weight is 636 g/mol. The molecule has 1 N–H and O–H groups in total. The largest absolute Gasteiger partial charge is 0.507 e. The number of anilines is 1. The summed E-state index contributed by atoms with van der Waals surface area (Å²) in [5, 5.41) is 20.7. The van der Waals surface area contributed by atoms with Gasteiger partial charge in [0.1, 0.15) is 19.0 Å². The molecule has 10 nitrogen and oxygen atoms in total. The Morgan fingerprint density at radius 2 is 1.77 bits per heavy atom. The van der Waals surface area contributed by atoms with Gasteiger partial charge in [-0.05, 0) is 47.5 Å². The molecule has 0 radical (unpaired) electrons. The third kappa shape index (κ3) is 5.56. The number of thioether (sulfide) groups is 1. The van der Waals surface area contributed by atoms with Crippen LogP contribution in [0.1, 0.15) is 33.1 Å². The molecule has 0 bridgehead atoms. The van der Waals surface area contributed by atoms with E-state index in [1.54, 1.807) is 36.4 Å². The number of ketones is 1. The number of carbonyl (C=O) groups excluding carboxylic acids is 3. The summed E-state index contributed by atoms with van der Waals surface area (Å²) in [6.07, 6.45) is 0. The summed E-state index contributed by atoms with van der Waals surface area (Å²) in [5.74, 6) is -1.26. The molecule has 218 valence electrons. The number of halogens is 1. The number of ether oxygens (including phenoxy) is 3. The van der Waals surface area contributed by atoms with E-state index in [-0.39, 0.29) is 21.8 Å². The van der Waals surface area contributed by atoms with E-state index in [4.69, 9.17) is 25.8 Å². The molecule has 2 aliphatic rings. The molecule has 43 heavy (non-hydrogen) atoms. The van der Waals surface area contributed by atoms with Crippen LogP contribution in [0.15, 0.2) is 76.6 Å². The number of aliphatic hydroxyl groups is 1. The number of benzene rings is 3. The second kappa shape index (κ2) is 12.1. The van der Waals surface area contributed by atoms with Crippen LogP contribution in [-0.4, -0.2) is 53.3 Å². The van der Waals surface area contributed by atoms with E-state index < -0.39 is 29.5 Å². The van der Waals surface area contributed by atoms with Gasteiger partial charge in [-0.3, -0.25) is 14.5 Å². The molecule has 0 spiro atoms. The highest BCUT2D eigenvalue weighted by molar-refractivity contribution is 8.00. The molecule has 13 heteroatoms. The van der Waals surface area contributed by atoms with Crippen LogP contribution >= 0.6 is 34.7 Å². The lowest BCUT2D eigenvalue weighted by Gasteiger charge is -2.23. The Bertz CT molecular complexity index is 1770. The molecule has 3 heterocycles. The van der Waals surface area contributed by atoms with Crippen LogP contribution in [0, 0.1) is 0 Å². The van der Waals surface area contributed by atoms with Gasteiger partial charge in [0.15, 0.2) is 15.8 Å². The van der Waals surface area contributed by atoms with Crippen molar-refractivity contribution >= 4 is 63.3 Å². The highest BCUT2D eigenvalue weighted by Crippen LogP contribution is 2.45. The molecule has 1 atom stereocenters. The minimum Gasteiger partial charge on any atom is -0.507 e. The summed E-state index contributed by atoms with van der Waals surface area (Å²) in [6.45, 7) is 0.730. The van der Waals surface area contributed by atoms with Gasteiger partial charge in [-0.1, -0.05) is 65.0 Å². The Morgan fingerprint density at radius 1 is 1.05 bits per heavy atom. The zero-order valence-electron chi connectivity index (χ0n) is 22.5. The van der Waals surface area contributed by atoms with Gasteiger partial charge in [-0.25, -0.2) is 4.79 Å². The number of rotatable bonds is 7. The number of carbonyl (C=O) groups is 3. The number of Topliss-reactive ketones (excluding diaryl/α,β-unsaturated/α-hetero) is 1. The Labute approximate surface area is 258 Å². The van der Waals surface area contributed by atoms with Gasteiger partial charge in [0.05, 0.1) is 24.3 Å². The number of methoxy groups -OCH3 is 1. The number of aromatic nitrogens is 2. The van der Waals surface area contributed by atoms with E-state index in [2.05, 4.69) is 10.2 Å². The van der Waals surface area contributed by atoms with Gasteiger partial charge >= 0.3 is 11.9 Å². The number of hydrogen-bond donors (Lipinski definition) is 1. The summed E-state index contributed by atoms with van der Waals surface area (Å²) >= 11 is 8.81. The fourth-order valence-corrected chi connectivity index (χ4v) is 6.88. The molecule has 1 fully saturated rings. The maximum absolute atomic E-state index is 13.6. The first-order chi connectivity index (χ1) is 20.9. The Morgan fingerprint density at radius 3 is 2.51 bits per heavy atom. The third-order valence-electron chi connectivity index (χ3n) is 6.82. The predicted molar refractivity (Wildman–Crippen MR) is 161 cm³/mol. The van der Waals surface area contributed by atoms with E-state index in [1.165, 1.54) is 35.9 Å². The van der Waals surface area contributed by atoms with Gasteiger partial charge in [0.2, 0.25) is 5.13 Å². The molecule has 1 aromatic heterocycles. The predicted octanol–water partition coefficient (Wildman–Crippen LogP) is 5.67. The van der Waals surface area contributed by atoms with Crippen LogP contribution in [-0.2, 0) is 20.1 Å². The second-order valence-electron chi connectivity index (χ2n) is 9.37. The lowest BCUT2D eigenvalue weighted by molar-refractivity contribution is -0.132. The minimum absolute atomic E-state index is 0.145. The van der Waals surface area contributed by atoms with E-state index in [1.807, 2.05) is 18.2 Å². The average Bonchev–Trinajstić information content (AvgIpc) is 3.61. The zero-order chi connectivity index (χ0) is 30.1. The maximum Gasteiger partial charge on any atom is 0.337 e. The first-order valence-corrected chi connectivity index (χ1v) is 15.1. The number of hydrogen-bond acceptors (Lipinski definition) is 11. The molecule has 1 saturated heterocycles. The Kier molecular flexibility index (Phi) is 8.06. The fraction of sp³-hybridized carbons (Fsp3) is 0.167. The van der Waals surface area contributed by atoms with E-state index in [9.17, 15) is 19.5 Å². The van der Waals surface area contributed by atoms with Crippen molar-refractivity contribution < 1.29 is 33.7 Å². The van der Waals surface area contributed by atoms with E-state index in [0.29, 0.717) is 45.4 Å². The second-order valence-corrected chi connectivity index (χ2v) is 12.0. The highest BCUT2D eigenvalue weighted by Gasteiger charge is 2.48. The van der Waals surface area contributed by atoms with E-state index >= 15 is 0 Å². The zero-order valence-corrected chi connectivity index (χ0v) is 24.9.